The molecule has 2 aliphatic heterocycles. The molecule has 0 radical (unpaired) electrons. The second kappa shape index (κ2) is 5.97. The predicted molar refractivity (Wildman–Crippen MR) is 101 cm³/mol. The average molecular weight is 365 g/mol. The number of aliphatic imine (C=N–C) groups is 3. The van der Waals surface area contributed by atoms with Gasteiger partial charge in [0.05, 0.1) is 25.7 Å². The van der Waals surface area contributed by atoms with E-state index in [9.17, 15) is 9.59 Å². The maximum atomic E-state index is 12.7. The number of ketones is 2. The van der Waals surface area contributed by atoms with Crippen LogP contribution >= 0.6 is 0 Å². The van der Waals surface area contributed by atoms with Gasteiger partial charge in [-0.25, -0.2) is 9.98 Å². The van der Waals surface area contributed by atoms with Crippen LogP contribution in [0.5, 0.6) is 11.5 Å². The zero-order valence-corrected chi connectivity index (χ0v) is 15.6. The number of carbonyl (C=O) groups is 2. The molecule has 1 unspecified atom stereocenters. The van der Waals surface area contributed by atoms with E-state index in [4.69, 9.17) is 9.47 Å². The molecule has 0 fully saturated rings. The zero-order valence-electron chi connectivity index (χ0n) is 15.6. The number of Topliss-reactive ketones (excluding diaryl/α,β-unsaturated/α-hetero) is 2. The van der Waals surface area contributed by atoms with Crippen LogP contribution in [0.1, 0.15) is 25.8 Å². The first kappa shape index (κ1) is 17.3. The summed E-state index contributed by atoms with van der Waals surface area (Å²) >= 11 is 0. The van der Waals surface area contributed by atoms with Gasteiger partial charge in [0, 0.05) is 24.3 Å². The highest BCUT2D eigenvalue weighted by Crippen LogP contribution is 2.37. The molecule has 0 bridgehead atoms. The second-order valence-corrected chi connectivity index (χ2v) is 7.13. The number of nitrogens with zero attached hydrogens (tertiary/aromatic N) is 3. The Bertz CT molecular complexity index is 998. The Morgan fingerprint density at radius 2 is 1.89 bits per heavy atom. The highest BCUT2D eigenvalue weighted by Gasteiger charge is 2.45. The molecule has 0 saturated carbocycles. The van der Waals surface area contributed by atoms with Gasteiger partial charge in [-0.05, 0) is 26.0 Å². The number of benzene rings is 1. The quantitative estimate of drug-likeness (QED) is 0.821. The Labute approximate surface area is 156 Å². The molecule has 0 amide bonds. The Hall–Kier alpha value is -3.09. The highest BCUT2D eigenvalue weighted by atomic mass is 16.5. The van der Waals surface area contributed by atoms with Crippen LogP contribution in [0.4, 0.5) is 0 Å². The van der Waals surface area contributed by atoms with Crippen LogP contribution in [0, 0.1) is 5.92 Å². The van der Waals surface area contributed by atoms with Crippen LogP contribution in [0.2, 0.25) is 0 Å². The molecule has 3 aliphatic rings. The van der Waals surface area contributed by atoms with E-state index in [1.807, 2.05) is 0 Å². The fraction of sp³-hybridized carbons (Fsp3) is 0.350. The Morgan fingerprint density at radius 1 is 1.11 bits per heavy atom. The van der Waals surface area contributed by atoms with Crippen LogP contribution in [0.25, 0.3) is 0 Å². The van der Waals surface area contributed by atoms with Crippen molar-refractivity contribution in [2.24, 2.45) is 20.9 Å². The number of hydrogen-bond acceptors (Lipinski definition) is 7. The van der Waals surface area contributed by atoms with Gasteiger partial charge in [-0.15, -0.1) is 0 Å². The lowest BCUT2D eigenvalue weighted by Crippen LogP contribution is -2.44. The number of methoxy groups -OCH3 is 2. The number of allylic oxidation sites excluding steroid dienone is 2. The summed E-state index contributed by atoms with van der Waals surface area (Å²) in [4.78, 5) is 38.7. The van der Waals surface area contributed by atoms with Gasteiger partial charge in [0.1, 0.15) is 28.4 Å². The third kappa shape index (κ3) is 2.61. The van der Waals surface area contributed by atoms with E-state index in [1.54, 1.807) is 52.5 Å². The number of carbonyl (C=O) groups excluding carboxylic acids is 2. The Balaban J connectivity index is 1.85. The van der Waals surface area contributed by atoms with E-state index >= 15 is 0 Å². The van der Waals surface area contributed by atoms with Crippen molar-refractivity contribution in [2.75, 3.05) is 14.2 Å². The van der Waals surface area contributed by atoms with E-state index in [1.165, 1.54) is 0 Å². The maximum absolute atomic E-state index is 12.7. The molecule has 1 atom stereocenters. The fourth-order valence-corrected chi connectivity index (χ4v) is 3.51. The van der Waals surface area contributed by atoms with E-state index in [0.717, 1.165) is 0 Å². The van der Waals surface area contributed by atoms with Crippen molar-refractivity contribution >= 4 is 29.3 Å². The minimum absolute atomic E-state index is 0.0643. The first-order chi connectivity index (χ1) is 12.9. The lowest BCUT2D eigenvalue weighted by Gasteiger charge is -2.32. The van der Waals surface area contributed by atoms with Gasteiger partial charge in [-0.2, -0.15) is 0 Å². The van der Waals surface area contributed by atoms with Crippen molar-refractivity contribution < 1.29 is 19.1 Å². The zero-order chi connectivity index (χ0) is 19.3. The summed E-state index contributed by atoms with van der Waals surface area (Å²) < 4.78 is 10.6. The third-order valence-electron chi connectivity index (χ3n) is 5.06. The van der Waals surface area contributed by atoms with Gasteiger partial charge in [-0.1, -0.05) is 0 Å². The smallest absolute Gasteiger partial charge is 0.184 e. The summed E-state index contributed by atoms with van der Waals surface area (Å²) in [6.07, 6.45) is 1.77. The molecule has 27 heavy (non-hydrogen) atoms. The van der Waals surface area contributed by atoms with Crippen LogP contribution in [0.3, 0.4) is 0 Å². The molecule has 4 rings (SSSR count). The van der Waals surface area contributed by atoms with Gasteiger partial charge < -0.3 is 9.47 Å². The molecule has 1 aliphatic carbocycles. The number of hydrogen-bond donors (Lipinski definition) is 0. The van der Waals surface area contributed by atoms with Crippen molar-refractivity contribution in [3.63, 3.8) is 0 Å². The summed E-state index contributed by atoms with van der Waals surface area (Å²) in [7, 11) is 3.12. The van der Waals surface area contributed by atoms with Crippen LogP contribution in [-0.2, 0) is 9.59 Å². The number of amidine groups is 1. The molecule has 1 aromatic carbocycles. The van der Waals surface area contributed by atoms with Gasteiger partial charge in [0.25, 0.3) is 0 Å². The molecule has 138 valence electrons. The minimum atomic E-state index is -0.825. The molecule has 2 heterocycles. The molecule has 0 aromatic heterocycles. The molecule has 1 aromatic rings. The van der Waals surface area contributed by atoms with Gasteiger partial charge in [0.2, 0.25) is 0 Å². The van der Waals surface area contributed by atoms with Gasteiger partial charge in [-0.3, -0.25) is 14.6 Å². The third-order valence-corrected chi connectivity index (χ3v) is 5.06. The Morgan fingerprint density at radius 3 is 2.59 bits per heavy atom. The number of fused-ring (bicyclic) bond motifs is 2. The summed E-state index contributed by atoms with van der Waals surface area (Å²) in [5.74, 6) is 0.811. The molecule has 7 nitrogen and oxygen atoms in total. The van der Waals surface area contributed by atoms with Crippen molar-refractivity contribution in [2.45, 2.75) is 25.8 Å². The summed E-state index contributed by atoms with van der Waals surface area (Å²) in [5, 5.41) is 0. The van der Waals surface area contributed by atoms with Crippen molar-refractivity contribution in [1.29, 1.82) is 0 Å². The average Bonchev–Trinajstić information content (AvgIpc) is 3.10. The topological polar surface area (TPSA) is 89.7 Å². The lowest BCUT2D eigenvalue weighted by molar-refractivity contribution is -0.128. The first-order valence-electron chi connectivity index (χ1n) is 8.63. The largest absolute Gasteiger partial charge is 0.497 e. The van der Waals surface area contributed by atoms with Crippen LogP contribution in [-0.4, -0.2) is 49.1 Å². The summed E-state index contributed by atoms with van der Waals surface area (Å²) in [6.45, 7) is 3.51. The van der Waals surface area contributed by atoms with E-state index in [-0.39, 0.29) is 23.7 Å². The summed E-state index contributed by atoms with van der Waals surface area (Å²) in [6, 6.07) is 5.30. The molecule has 0 saturated heterocycles. The molecular weight excluding hydrogens is 346 g/mol. The molecular formula is C20H19N3O4. The lowest BCUT2D eigenvalue weighted by atomic mass is 9.74. The van der Waals surface area contributed by atoms with E-state index in [0.29, 0.717) is 34.2 Å². The first-order valence-corrected chi connectivity index (χ1v) is 8.63. The highest BCUT2D eigenvalue weighted by molar-refractivity contribution is 6.51. The SMILES string of the molecule is COc1ccc(C2=NC3=C4C=NC(C)(C)C(=O)C4CC(=O)C3=N2)c(OC)c1. The number of ether oxygens (including phenoxy) is 2. The maximum Gasteiger partial charge on any atom is 0.184 e. The van der Waals surface area contributed by atoms with Gasteiger partial charge >= 0.3 is 0 Å². The van der Waals surface area contributed by atoms with E-state index < -0.39 is 11.5 Å². The standard InChI is InChI=1S/C20H19N3O4/c1-20(2)18(25)12-8-14(24)17-16(13(12)9-21-20)22-19(23-17)11-6-5-10(26-3)7-15(11)27-4/h5-7,9,12H,8H2,1-4H3. The Kier molecular flexibility index (Phi) is 3.83. The van der Waals surface area contributed by atoms with E-state index in [2.05, 4.69) is 15.0 Å². The second-order valence-electron chi connectivity index (χ2n) is 7.13. The number of rotatable bonds is 3. The normalized spacial score (nSPS) is 22.9. The monoisotopic (exact) mass is 365 g/mol. The van der Waals surface area contributed by atoms with Gasteiger partial charge in [0.15, 0.2) is 17.4 Å². The van der Waals surface area contributed by atoms with Crippen LogP contribution in [0.15, 0.2) is 44.4 Å². The van der Waals surface area contributed by atoms with Crippen LogP contribution < -0.4 is 9.47 Å². The molecule has 0 N–H and O–H groups in total. The van der Waals surface area contributed by atoms with Crippen molar-refractivity contribution in [3.8, 4) is 11.5 Å². The minimum Gasteiger partial charge on any atom is -0.497 e. The molecule has 0 spiro atoms. The summed E-state index contributed by atoms with van der Waals surface area (Å²) in [5.41, 5.74) is 1.22. The predicted octanol–water partition coefficient (Wildman–Crippen LogP) is 2.18. The van der Waals surface area contributed by atoms with Crippen molar-refractivity contribution in [1.82, 2.24) is 0 Å². The fourth-order valence-electron chi connectivity index (χ4n) is 3.51. The van der Waals surface area contributed by atoms with Crippen molar-refractivity contribution in [3.05, 3.63) is 35.0 Å². The molecule has 7 heteroatoms.